The highest BCUT2D eigenvalue weighted by Crippen LogP contribution is 2.19. The van der Waals surface area contributed by atoms with Crippen LogP contribution in [0.5, 0.6) is 5.75 Å². The topological polar surface area (TPSA) is 139 Å². The Kier molecular flexibility index (Phi) is 5.33. The van der Waals surface area contributed by atoms with Crippen LogP contribution in [0.3, 0.4) is 0 Å². The fourth-order valence-corrected chi connectivity index (χ4v) is 1.37. The van der Waals surface area contributed by atoms with Crippen LogP contribution in [0.15, 0.2) is 24.3 Å². The number of aliphatic carboxylic acids is 2. The van der Waals surface area contributed by atoms with E-state index in [9.17, 15) is 14.4 Å². The van der Waals surface area contributed by atoms with Crippen molar-refractivity contribution in [2.24, 2.45) is 0 Å². The molecule has 1 rings (SSSR count). The second kappa shape index (κ2) is 6.98. The van der Waals surface area contributed by atoms with Gasteiger partial charge in [0.05, 0.1) is 5.69 Å². The number of benzene rings is 1. The molecule has 0 radical (unpaired) electrons. The number of nitrogen functional groups attached to an aromatic ring is 1. The molecule has 1 aromatic carbocycles. The van der Waals surface area contributed by atoms with Crippen LogP contribution >= 0.6 is 0 Å². The number of carbonyl (C=O) groups is 3. The van der Waals surface area contributed by atoms with E-state index in [4.69, 9.17) is 20.7 Å². The van der Waals surface area contributed by atoms with Gasteiger partial charge in [-0.25, -0.2) is 9.59 Å². The molecule has 0 saturated heterocycles. The van der Waals surface area contributed by atoms with E-state index in [2.05, 4.69) is 5.32 Å². The molecule has 1 amide bonds. The Hall–Kier alpha value is -2.77. The van der Waals surface area contributed by atoms with Crippen LogP contribution in [0.4, 0.5) is 10.5 Å². The summed E-state index contributed by atoms with van der Waals surface area (Å²) in [6.45, 7) is 0. The molecule has 8 nitrogen and oxygen atoms in total. The number of nitrogens with two attached hydrogens (primary N) is 1. The standard InChI is InChI=1S/C12H14N2O6/c13-7-3-1-2-4-9(7)20-12(19)14-8(11(17)18)5-6-10(15)16/h1-4,8H,5-6,13H2,(H,14,19)(H,15,16)(H,17,18). The van der Waals surface area contributed by atoms with Crippen molar-refractivity contribution in [1.29, 1.82) is 0 Å². The minimum atomic E-state index is -1.34. The van der Waals surface area contributed by atoms with Gasteiger partial charge in [0.25, 0.3) is 0 Å². The van der Waals surface area contributed by atoms with E-state index in [0.29, 0.717) is 0 Å². The SMILES string of the molecule is Nc1ccccc1OC(=O)NC(CCC(=O)O)C(=O)O. The first-order chi connectivity index (χ1) is 9.40. The molecular weight excluding hydrogens is 268 g/mol. The van der Waals surface area contributed by atoms with E-state index < -0.39 is 24.1 Å². The van der Waals surface area contributed by atoms with Crippen molar-refractivity contribution in [1.82, 2.24) is 5.32 Å². The largest absolute Gasteiger partial charge is 0.481 e. The average molecular weight is 282 g/mol. The number of ether oxygens (including phenoxy) is 1. The Balaban J connectivity index is 2.60. The van der Waals surface area contributed by atoms with Crippen LogP contribution in [-0.4, -0.2) is 34.3 Å². The number of amides is 1. The van der Waals surface area contributed by atoms with Gasteiger partial charge in [-0.15, -0.1) is 0 Å². The maximum Gasteiger partial charge on any atom is 0.413 e. The predicted molar refractivity (Wildman–Crippen MR) is 68.3 cm³/mol. The Morgan fingerprint density at radius 1 is 1.25 bits per heavy atom. The first-order valence-electron chi connectivity index (χ1n) is 5.67. The lowest BCUT2D eigenvalue weighted by Crippen LogP contribution is -2.42. The van der Waals surface area contributed by atoms with Crippen LogP contribution in [0.25, 0.3) is 0 Å². The molecule has 0 bridgehead atoms. The van der Waals surface area contributed by atoms with Crippen molar-refractivity contribution < 1.29 is 29.3 Å². The van der Waals surface area contributed by atoms with Crippen LogP contribution < -0.4 is 15.8 Å². The Morgan fingerprint density at radius 2 is 1.90 bits per heavy atom. The smallest absolute Gasteiger partial charge is 0.413 e. The second-order valence-corrected chi connectivity index (χ2v) is 3.89. The summed E-state index contributed by atoms with van der Waals surface area (Å²) in [6, 6.07) is 4.86. The Bertz CT molecular complexity index is 516. The lowest BCUT2D eigenvalue weighted by Gasteiger charge is -2.14. The van der Waals surface area contributed by atoms with Crippen LogP contribution in [0.2, 0.25) is 0 Å². The zero-order valence-electron chi connectivity index (χ0n) is 10.4. The fraction of sp³-hybridized carbons (Fsp3) is 0.250. The summed E-state index contributed by atoms with van der Waals surface area (Å²) in [7, 11) is 0. The van der Waals surface area contributed by atoms with Crippen molar-refractivity contribution in [2.45, 2.75) is 18.9 Å². The summed E-state index contributed by atoms with van der Waals surface area (Å²) < 4.78 is 4.85. The maximum absolute atomic E-state index is 11.5. The number of hydrogen-bond donors (Lipinski definition) is 4. The third kappa shape index (κ3) is 4.84. The molecule has 108 valence electrons. The first kappa shape index (κ1) is 15.3. The van der Waals surface area contributed by atoms with Gasteiger partial charge in [0.2, 0.25) is 0 Å². The van der Waals surface area contributed by atoms with Gasteiger partial charge in [0, 0.05) is 6.42 Å². The van der Waals surface area contributed by atoms with Gasteiger partial charge in [-0.3, -0.25) is 4.79 Å². The van der Waals surface area contributed by atoms with E-state index in [1.54, 1.807) is 12.1 Å². The quantitative estimate of drug-likeness (QED) is 0.562. The summed E-state index contributed by atoms with van der Waals surface area (Å²) >= 11 is 0. The number of anilines is 1. The monoisotopic (exact) mass is 282 g/mol. The fourth-order valence-electron chi connectivity index (χ4n) is 1.37. The third-order valence-electron chi connectivity index (χ3n) is 2.36. The summed E-state index contributed by atoms with van der Waals surface area (Å²) in [5.41, 5.74) is 5.78. The summed E-state index contributed by atoms with van der Waals surface area (Å²) in [5.74, 6) is -2.41. The summed E-state index contributed by atoms with van der Waals surface area (Å²) in [4.78, 5) is 32.8. The molecule has 0 spiro atoms. The van der Waals surface area contributed by atoms with Gasteiger partial charge in [0.15, 0.2) is 5.75 Å². The third-order valence-corrected chi connectivity index (χ3v) is 2.36. The number of hydrogen-bond acceptors (Lipinski definition) is 5. The molecule has 20 heavy (non-hydrogen) atoms. The predicted octanol–water partition coefficient (Wildman–Crippen LogP) is 0.675. The van der Waals surface area contributed by atoms with Crippen molar-refractivity contribution in [3.8, 4) is 5.75 Å². The highest BCUT2D eigenvalue weighted by molar-refractivity contribution is 5.82. The molecule has 5 N–H and O–H groups in total. The van der Waals surface area contributed by atoms with E-state index in [1.807, 2.05) is 0 Å². The number of rotatable bonds is 6. The molecule has 0 aromatic heterocycles. The minimum absolute atomic E-state index is 0.0902. The summed E-state index contributed by atoms with van der Waals surface area (Å²) in [6.07, 6.45) is -1.64. The molecule has 0 saturated carbocycles. The highest BCUT2D eigenvalue weighted by atomic mass is 16.6. The lowest BCUT2D eigenvalue weighted by molar-refractivity contribution is -0.140. The number of carboxylic acids is 2. The van der Waals surface area contributed by atoms with Crippen molar-refractivity contribution in [2.75, 3.05) is 5.73 Å². The van der Waals surface area contributed by atoms with E-state index in [0.717, 1.165) is 0 Å². The zero-order chi connectivity index (χ0) is 15.1. The molecule has 0 aliphatic carbocycles. The molecule has 0 heterocycles. The lowest BCUT2D eigenvalue weighted by atomic mass is 10.1. The highest BCUT2D eigenvalue weighted by Gasteiger charge is 2.22. The summed E-state index contributed by atoms with van der Waals surface area (Å²) in [5, 5.41) is 19.4. The zero-order valence-corrected chi connectivity index (χ0v) is 10.4. The van der Waals surface area contributed by atoms with Crippen molar-refractivity contribution in [3.05, 3.63) is 24.3 Å². The van der Waals surface area contributed by atoms with Crippen LogP contribution in [0.1, 0.15) is 12.8 Å². The normalized spacial score (nSPS) is 11.4. The molecule has 1 atom stereocenters. The number of para-hydroxylation sites is 2. The van der Waals surface area contributed by atoms with Gasteiger partial charge in [-0.2, -0.15) is 0 Å². The van der Waals surface area contributed by atoms with E-state index in [1.165, 1.54) is 12.1 Å². The van der Waals surface area contributed by atoms with E-state index >= 15 is 0 Å². The van der Waals surface area contributed by atoms with Crippen molar-refractivity contribution >= 4 is 23.7 Å². The van der Waals surface area contributed by atoms with Gasteiger partial charge >= 0.3 is 18.0 Å². The van der Waals surface area contributed by atoms with Crippen LogP contribution in [0, 0.1) is 0 Å². The Labute approximate surface area is 114 Å². The molecule has 0 aliphatic rings. The van der Waals surface area contributed by atoms with Gasteiger partial charge < -0.3 is 26.0 Å². The van der Waals surface area contributed by atoms with E-state index in [-0.39, 0.29) is 24.3 Å². The molecule has 8 heteroatoms. The van der Waals surface area contributed by atoms with Crippen molar-refractivity contribution in [3.63, 3.8) is 0 Å². The molecule has 1 aromatic rings. The molecule has 1 unspecified atom stereocenters. The van der Waals surface area contributed by atoms with Gasteiger partial charge in [-0.05, 0) is 18.6 Å². The first-order valence-corrected chi connectivity index (χ1v) is 5.67. The molecule has 0 fully saturated rings. The molecular formula is C12H14N2O6. The second-order valence-electron chi connectivity index (χ2n) is 3.89. The number of carbonyl (C=O) groups excluding carboxylic acids is 1. The minimum Gasteiger partial charge on any atom is -0.481 e. The van der Waals surface area contributed by atoms with Gasteiger partial charge in [0.1, 0.15) is 6.04 Å². The van der Waals surface area contributed by atoms with Gasteiger partial charge in [-0.1, -0.05) is 12.1 Å². The number of nitrogens with one attached hydrogen (secondary N) is 1. The molecule has 0 aliphatic heterocycles. The van der Waals surface area contributed by atoms with Crippen LogP contribution in [-0.2, 0) is 9.59 Å². The number of carboxylic acid groups (broad SMARTS) is 2. The maximum atomic E-state index is 11.5. The Morgan fingerprint density at radius 3 is 2.45 bits per heavy atom. The average Bonchev–Trinajstić information content (AvgIpc) is 2.36.